The van der Waals surface area contributed by atoms with Crippen molar-refractivity contribution in [3.63, 3.8) is 0 Å². The molecule has 4 nitrogen and oxygen atoms in total. The normalized spacial score (nSPS) is 11.1. The van der Waals surface area contributed by atoms with E-state index >= 15 is 0 Å². The number of para-hydroxylation sites is 1. The Kier molecular flexibility index (Phi) is 6.77. The van der Waals surface area contributed by atoms with E-state index in [0.717, 1.165) is 53.8 Å². The lowest BCUT2D eigenvalue weighted by Crippen LogP contribution is -2.30. The quantitative estimate of drug-likeness (QED) is 0.582. The Bertz CT molecular complexity index is 933. The van der Waals surface area contributed by atoms with Crippen molar-refractivity contribution in [1.29, 1.82) is 0 Å². The van der Waals surface area contributed by atoms with E-state index in [1.54, 1.807) is 0 Å². The monoisotopic (exact) mass is 375 g/mol. The number of aromatic nitrogens is 1. The van der Waals surface area contributed by atoms with Crippen molar-refractivity contribution in [2.75, 3.05) is 26.2 Å². The van der Waals surface area contributed by atoms with Crippen LogP contribution in [0.2, 0.25) is 0 Å². The predicted molar refractivity (Wildman–Crippen MR) is 117 cm³/mol. The fraction of sp³-hybridized carbons (Fsp3) is 0.333. The molecule has 3 rings (SSSR count). The maximum absolute atomic E-state index is 12.9. The largest absolute Gasteiger partial charge is 0.352 e. The van der Waals surface area contributed by atoms with Gasteiger partial charge in [-0.3, -0.25) is 9.78 Å². The van der Waals surface area contributed by atoms with Gasteiger partial charge in [0.15, 0.2) is 0 Å². The van der Waals surface area contributed by atoms with Crippen molar-refractivity contribution in [2.24, 2.45) is 0 Å². The SMILES string of the molecule is CCN(CC)CCCNC(=O)c1cc(C)nc2c(-c3ccccc3)cccc12. The number of aryl methyl sites for hydroxylation is 1. The number of nitrogens with zero attached hydrogens (tertiary/aromatic N) is 2. The number of hydrogen-bond donors (Lipinski definition) is 1. The van der Waals surface area contributed by atoms with Crippen molar-refractivity contribution in [3.8, 4) is 11.1 Å². The summed E-state index contributed by atoms with van der Waals surface area (Å²) in [6.45, 7) is 10.0. The van der Waals surface area contributed by atoms with E-state index in [2.05, 4.69) is 42.3 Å². The summed E-state index contributed by atoms with van der Waals surface area (Å²) in [6.07, 6.45) is 0.949. The molecule has 0 aliphatic rings. The highest BCUT2D eigenvalue weighted by atomic mass is 16.1. The number of nitrogens with one attached hydrogen (secondary N) is 1. The van der Waals surface area contributed by atoms with Gasteiger partial charge in [0.25, 0.3) is 5.91 Å². The van der Waals surface area contributed by atoms with Gasteiger partial charge < -0.3 is 10.2 Å². The van der Waals surface area contributed by atoms with Gasteiger partial charge in [0.1, 0.15) is 0 Å². The van der Waals surface area contributed by atoms with Gasteiger partial charge in [-0.2, -0.15) is 0 Å². The molecule has 0 unspecified atom stereocenters. The van der Waals surface area contributed by atoms with Gasteiger partial charge in [-0.05, 0) is 44.6 Å². The van der Waals surface area contributed by atoms with Gasteiger partial charge in [0, 0.05) is 23.2 Å². The second kappa shape index (κ2) is 9.47. The maximum Gasteiger partial charge on any atom is 0.252 e. The molecule has 1 N–H and O–H groups in total. The third-order valence-electron chi connectivity index (χ3n) is 5.13. The molecule has 146 valence electrons. The Hall–Kier alpha value is -2.72. The Labute approximate surface area is 167 Å². The van der Waals surface area contributed by atoms with Crippen LogP contribution in [0.5, 0.6) is 0 Å². The number of carbonyl (C=O) groups excluding carboxylic acids is 1. The molecule has 1 aromatic heterocycles. The molecule has 1 heterocycles. The molecule has 1 amide bonds. The molecule has 0 aliphatic carbocycles. The number of hydrogen-bond acceptors (Lipinski definition) is 3. The zero-order valence-corrected chi connectivity index (χ0v) is 17.0. The molecule has 0 fully saturated rings. The third-order valence-corrected chi connectivity index (χ3v) is 5.13. The molecule has 2 aromatic carbocycles. The van der Waals surface area contributed by atoms with Crippen LogP contribution in [0.1, 0.15) is 36.3 Å². The van der Waals surface area contributed by atoms with Gasteiger partial charge in [-0.25, -0.2) is 0 Å². The van der Waals surface area contributed by atoms with Crippen LogP contribution < -0.4 is 5.32 Å². The molecule has 0 radical (unpaired) electrons. The minimum absolute atomic E-state index is 0.0275. The number of rotatable bonds is 8. The Morgan fingerprint density at radius 2 is 1.79 bits per heavy atom. The van der Waals surface area contributed by atoms with Crippen LogP contribution in [0.15, 0.2) is 54.6 Å². The molecule has 28 heavy (non-hydrogen) atoms. The molecular weight excluding hydrogens is 346 g/mol. The number of amides is 1. The first kappa shape index (κ1) is 20.0. The van der Waals surface area contributed by atoms with Crippen molar-refractivity contribution in [1.82, 2.24) is 15.2 Å². The third kappa shape index (κ3) is 4.57. The molecule has 0 atom stereocenters. The van der Waals surface area contributed by atoms with Crippen molar-refractivity contribution in [3.05, 3.63) is 65.9 Å². The van der Waals surface area contributed by atoms with Crippen LogP contribution in [0.3, 0.4) is 0 Å². The van der Waals surface area contributed by atoms with E-state index in [0.29, 0.717) is 12.1 Å². The van der Waals surface area contributed by atoms with Gasteiger partial charge in [-0.15, -0.1) is 0 Å². The first-order chi connectivity index (χ1) is 13.6. The molecule has 0 saturated carbocycles. The summed E-state index contributed by atoms with van der Waals surface area (Å²) in [5, 5.41) is 3.98. The van der Waals surface area contributed by atoms with E-state index in [9.17, 15) is 4.79 Å². The Morgan fingerprint density at radius 1 is 1.04 bits per heavy atom. The molecule has 3 aromatic rings. The van der Waals surface area contributed by atoms with Crippen molar-refractivity contribution < 1.29 is 4.79 Å². The van der Waals surface area contributed by atoms with E-state index in [4.69, 9.17) is 4.98 Å². The molecule has 4 heteroatoms. The zero-order valence-electron chi connectivity index (χ0n) is 17.0. The lowest BCUT2D eigenvalue weighted by atomic mass is 9.98. The molecule has 0 spiro atoms. The van der Waals surface area contributed by atoms with Crippen LogP contribution in [0.4, 0.5) is 0 Å². The highest BCUT2D eigenvalue weighted by molar-refractivity contribution is 6.09. The van der Waals surface area contributed by atoms with Crippen LogP contribution in [-0.2, 0) is 0 Å². The number of benzene rings is 2. The Balaban J connectivity index is 1.85. The first-order valence-electron chi connectivity index (χ1n) is 10.1. The minimum Gasteiger partial charge on any atom is -0.352 e. The second-order valence-corrected chi connectivity index (χ2v) is 7.02. The summed E-state index contributed by atoms with van der Waals surface area (Å²) in [5.41, 5.74) is 4.59. The van der Waals surface area contributed by atoms with Crippen LogP contribution in [0, 0.1) is 6.92 Å². The van der Waals surface area contributed by atoms with Crippen molar-refractivity contribution in [2.45, 2.75) is 27.2 Å². The summed E-state index contributed by atoms with van der Waals surface area (Å²) in [5.74, 6) is -0.0275. The summed E-state index contributed by atoms with van der Waals surface area (Å²) < 4.78 is 0. The van der Waals surface area contributed by atoms with Crippen molar-refractivity contribution >= 4 is 16.8 Å². The number of carbonyl (C=O) groups is 1. The maximum atomic E-state index is 12.9. The summed E-state index contributed by atoms with van der Waals surface area (Å²) in [4.78, 5) is 20.0. The van der Waals surface area contributed by atoms with E-state index in [1.807, 2.05) is 43.3 Å². The molecular formula is C24H29N3O. The molecule has 0 saturated heterocycles. The summed E-state index contributed by atoms with van der Waals surface area (Å²) >= 11 is 0. The number of fused-ring (bicyclic) bond motifs is 1. The summed E-state index contributed by atoms with van der Waals surface area (Å²) in [7, 11) is 0. The smallest absolute Gasteiger partial charge is 0.252 e. The lowest BCUT2D eigenvalue weighted by Gasteiger charge is -2.18. The lowest BCUT2D eigenvalue weighted by molar-refractivity contribution is 0.0953. The van der Waals surface area contributed by atoms with Gasteiger partial charge in [0.05, 0.1) is 11.1 Å². The second-order valence-electron chi connectivity index (χ2n) is 7.02. The van der Waals surface area contributed by atoms with Crippen LogP contribution in [0.25, 0.3) is 22.0 Å². The average Bonchev–Trinajstić information content (AvgIpc) is 2.73. The highest BCUT2D eigenvalue weighted by Gasteiger charge is 2.14. The van der Waals surface area contributed by atoms with Crippen LogP contribution in [-0.4, -0.2) is 42.0 Å². The van der Waals surface area contributed by atoms with Gasteiger partial charge in [-0.1, -0.05) is 62.4 Å². The highest BCUT2D eigenvalue weighted by Crippen LogP contribution is 2.29. The van der Waals surface area contributed by atoms with Gasteiger partial charge >= 0.3 is 0 Å². The Morgan fingerprint density at radius 3 is 2.50 bits per heavy atom. The van der Waals surface area contributed by atoms with Gasteiger partial charge in [0.2, 0.25) is 0 Å². The zero-order chi connectivity index (χ0) is 19.9. The standard InChI is InChI=1S/C24H29N3O/c1-4-27(5-2)16-10-15-25-24(28)22-17-18(3)26-23-20(13-9-14-21(22)23)19-11-7-6-8-12-19/h6-9,11-14,17H,4-5,10,15-16H2,1-3H3,(H,25,28). The van der Waals surface area contributed by atoms with E-state index in [1.165, 1.54) is 0 Å². The fourth-order valence-electron chi connectivity index (χ4n) is 3.55. The average molecular weight is 376 g/mol. The van der Waals surface area contributed by atoms with E-state index in [-0.39, 0.29) is 5.91 Å². The topological polar surface area (TPSA) is 45.2 Å². The number of pyridine rings is 1. The van der Waals surface area contributed by atoms with E-state index < -0.39 is 0 Å². The summed E-state index contributed by atoms with van der Waals surface area (Å²) in [6, 6.07) is 18.1. The molecule has 0 bridgehead atoms. The predicted octanol–water partition coefficient (Wildman–Crippen LogP) is 4.67. The van der Waals surface area contributed by atoms with Crippen LogP contribution >= 0.6 is 0 Å². The molecule has 0 aliphatic heterocycles. The first-order valence-corrected chi connectivity index (χ1v) is 10.1. The minimum atomic E-state index is -0.0275. The fourth-order valence-corrected chi connectivity index (χ4v) is 3.55.